The summed E-state index contributed by atoms with van der Waals surface area (Å²) < 4.78 is 0. The second-order valence-corrected chi connectivity index (χ2v) is 7.76. The van der Waals surface area contributed by atoms with Crippen LogP contribution < -0.4 is 5.32 Å². The fourth-order valence-corrected chi connectivity index (χ4v) is 4.52. The average molecular weight is 409 g/mol. The van der Waals surface area contributed by atoms with E-state index in [2.05, 4.69) is 5.32 Å². The number of aliphatic hydroxyl groups is 1. The highest BCUT2D eigenvalue weighted by Gasteiger charge is 2.48. The molecule has 0 saturated heterocycles. The Morgan fingerprint density at radius 3 is 2.03 bits per heavy atom. The normalized spacial score (nSPS) is 22.0. The molecule has 4 N–H and O–H groups in total. The van der Waals surface area contributed by atoms with Crippen molar-refractivity contribution < 1.29 is 34.5 Å². The first kappa shape index (κ1) is 19.8. The first-order valence-corrected chi connectivity index (χ1v) is 9.36. The summed E-state index contributed by atoms with van der Waals surface area (Å²) in [5.41, 5.74) is -2.25. The summed E-state index contributed by atoms with van der Waals surface area (Å²) in [5, 5.41) is 35.1. The van der Waals surface area contributed by atoms with E-state index in [4.69, 9.17) is 0 Å². The highest BCUT2D eigenvalue weighted by atomic mass is 16.3. The molecular formula is C22H19NO7. The molecule has 0 saturated carbocycles. The topological polar surface area (TPSA) is 141 Å². The largest absolute Gasteiger partial charge is 0.507 e. The number of hydrogen-bond acceptors (Lipinski definition) is 7. The van der Waals surface area contributed by atoms with Gasteiger partial charge >= 0.3 is 0 Å². The van der Waals surface area contributed by atoms with Crippen LogP contribution in [0.2, 0.25) is 0 Å². The summed E-state index contributed by atoms with van der Waals surface area (Å²) in [4.78, 5) is 50.1. The van der Waals surface area contributed by atoms with Crippen molar-refractivity contribution in [2.24, 2.45) is 0 Å². The predicted octanol–water partition coefficient (Wildman–Crippen LogP) is 1.32. The number of carbonyl (C=O) groups excluding carboxylic acids is 4. The van der Waals surface area contributed by atoms with Crippen molar-refractivity contribution in [1.29, 1.82) is 0 Å². The number of fused-ring (bicyclic) bond motifs is 3. The van der Waals surface area contributed by atoms with Gasteiger partial charge in [-0.05, 0) is 6.92 Å². The van der Waals surface area contributed by atoms with Gasteiger partial charge in [-0.25, -0.2) is 0 Å². The van der Waals surface area contributed by atoms with Crippen LogP contribution >= 0.6 is 0 Å². The minimum Gasteiger partial charge on any atom is -0.507 e. The van der Waals surface area contributed by atoms with Crippen LogP contribution in [-0.2, 0) is 16.0 Å². The quantitative estimate of drug-likeness (QED) is 0.468. The van der Waals surface area contributed by atoms with Gasteiger partial charge in [0, 0.05) is 42.0 Å². The molecule has 2 aromatic rings. The number of phenols is 2. The molecule has 2 aliphatic carbocycles. The van der Waals surface area contributed by atoms with Crippen molar-refractivity contribution in [2.75, 3.05) is 0 Å². The summed E-state index contributed by atoms with van der Waals surface area (Å²) in [6, 6.07) is 6.04. The van der Waals surface area contributed by atoms with E-state index in [-0.39, 0.29) is 46.2 Å². The van der Waals surface area contributed by atoms with Crippen LogP contribution in [0.5, 0.6) is 11.5 Å². The van der Waals surface area contributed by atoms with E-state index in [1.165, 1.54) is 26.0 Å². The summed E-state index contributed by atoms with van der Waals surface area (Å²) in [6.07, 6.45) is -1.95. The van der Waals surface area contributed by atoms with E-state index in [0.29, 0.717) is 0 Å². The number of aromatic hydroxyl groups is 2. The van der Waals surface area contributed by atoms with Crippen LogP contribution in [0.25, 0.3) is 0 Å². The third-order valence-corrected chi connectivity index (χ3v) is 5.90. The molecule has 4 rings (SSSR count). The summed E-state index contributed by atoms with van der Waals surface area (Å²) in [5.74, 6) is -3.44. The zero-order valence-corrected chi connectivity index (χ0v) is 16.3. The van der Waals surface area contributed by atoms with Crippen molar-refractivity contribution >= 4 is 23.3 Å². The van der Waals surface area contributed by atoms with Crippen LogP contribution in [-0.4, -0.2) is 44.1 Å². The maximum Gasteiger partial charge on any atom is 0.217 e. The van der Waals surface area contributed by atoms with E-state index in [1.807, 2.05) is 0 Å². The van der Waals surface area contributed by atoms with Crippen LogP contribution in [0.3, 0.4) is 0 Å². The second-order valence-electron chi connectivity index (χ2n) is 7.76. The fourth-order valence-electron chi connectivity index (χ4n) is 4.52. The Hall–Kier alpha value is -3.52. The van der Waals surface area contributed by atoms with E-state index in [9.17, 15) is 34.5 Å². The Bertz CT molecular complexity index is 1170. The van der Waals surface area contributed by atoms with Gasteiger partial charge in [-0.3, -0.25) is 19.2 Å². The molecule has 0 radical (unpaired) electrons. The maximum absolute atomic E-state index is 13.0. The van der Waals surface area contributed by atoms with Crippen molar-refractivity contribution in [3.8, 4) is 11.5 Å². The first-order valence-electron chi connectivity index (χ1n) is 9.36. The lowest BCUT2D eigenvalue weighted by atomic mass is 9.70. The predicted molar refractivity (Wildman–Crippen MR) is 104 cm³/mol. The zero-order chi connectivity index (χ0) is 22.0. The highest BCUT2D eigenvalue weighted by molar-refractivity contribution is 6.30. The third kappa shape index (κ3) is 2.57. The molecule has 0 aliphatic heterocycles. The number of rotatable bonds is 2. The van der Waals surface area contributed by atoms with Gasteiger partial charge in [0.05, 0.1) is 17.2 Å². The Labute approximate surface area is 171 Å². The number of aliphatic hydroxyl groups excluding tert-OH is 1. The zero-order valence-electron chi connectivity index (χ0n) is 16.3. The molecule has 2 aliphatic rings. The van der Waals surface area contributed by atoms with Gasteiger partial charge in [0.25, 0.3) is 0 Å². The molecule has 30 heavy (non-hydrogen) atoms. The van der Waals surface area contributed by atoms with Gasteiger partial charge in [0.1, 0.15) is 17.0 Å². The number of amides is 1. The molecule has 1 amide bonds. The van der Waals surface area contributed by atoms with Gasteiger partial charge in [-0.15, -0.1) is 0 Å². The minimum atomic E-state index is -1.52. The van der Waals surface area contributed by atoms with Gasteiger partial charge in [0.15, 0.2) is 17.3 Å². The van der Waals surface area contributed by atoms with E-state index in [0.717, 1.165) is 0 Å². The SMILES string of the molecule is CC(=O)NC1(C(C)=O)Cc2c(O)c3c(c(O)c2C(O)C1)C(=O)c1ccccc1C3=O. The molecule has 0 fully saturated rings. The maximum atomic E-state index is 13.0. The summed E-state index contributed by atoms with van der Waals surface area (Å²) in [7, 11) is 0. The van der Waals surface area contributed by atoms with Gasteiger partial charge in [0.2, 0.25) is 5.91 Å². The second kappa shape index (κ2) is 6.50. The lowest BCUT2D eigenvalue weighted by molar-refractivity contribution is -0.131. The Morgan fingerprint density at radius 2 is 1.53 bits per heavy atom. The Balaban J connectivity index is 1.99. The first-order chi connectivity index (χ1) is 14.1. The third-order valence-electron chi connectivity index (χ3n) is 5.90. The lowest BCUT2D eigenvalue weighted by Gasteiger charge is -2.40. The van der Waals surface area contributed by atoms with E-state index >= 15 is 0 Å². The van der Waals surface area contributed by atoms with Gasteiger partial charge in [-0.2, -0.15) is 0 Å². The van der Waals surface area contributed by atoms with E-state index < -0.39 is 46.4 Å². The van der Waals surface area contributed by atoms with Crippen LogP contribution in [0.1, 0.15) is 69.3 Å². The van der Waals surface area contributed by atoms with Crippen molar-refractivity contribution in [3.63, 3.8) is 0 Å². The lowest BCUT2D eigenvalue weighted by Crippen LogP contribution is -2.57. The fraction of sp³-hybridized carbons (Fsp3) is 0.273. The van der Waals surface area contributed by atoms with Crippen molar-refractivity contribution in [1.82, 2.24) is 5.32 Å². The molecule has 0 heterocycles. The smallest absolute Gasteiger partial charge is 0.217 e. The van der Waals surface area contributed by atoms with Crippen molar-refractivity contribution in [2.45, 2.75) is 38.3 Å². The van der Waals surface area contributed by atoms with Crippen LogP contribution in [0.4, 0.5) is 0 Å². The Kier molecular flexibility index (Phi) is 4.28. The summed E-state index contributed by atoms with van der Waals surface area (Å²) in [6.45, 7) is 2.46. The van der Waals surface area contributed by atoms with Crippen LogP contribution in [0, 0.1) is 0 Å². The minimum absolute atomic E-state index is 0.0468. The number of ketones is 3. The highest BCUT2D eigenvalue weighted by Crippen LogP contribution is 2.50. The molecule has 2 atom stereocenters. The number of carbonyl (C=O) groups is 4. The molecule has 8 heteroatoms. The molecule has 0 aromatic heterocycles. The molecule has 0 bridgehead atoms. The van der Waals surface area contributed by atoms with Gasteiger partial charge in [-0.1, -0.05) is 24.3 Å². The molecular weight excluding hydrogens is 390 g/mol. The molecule has 0 spiro atoms. The standard InChI is InChI=1S/C22H19NO7/c1-9(24)22(23-10(2)25)7-13-15(14(26)8-22)21(30)17-16(20(13)29)18(27)11-5-3-4-6-12(11)19(17)28/h3-6,14,26,29-30H,7-8H2,1-2H3,(H,23,25). The molecule has 2 aromatic carbocycles. The average Bonchev–Trinajstić information content (AvgIpc) is 2.67. The number of phenolic OH excluding ortho intramolecular Hbond substituents is 2. The number of Topliss-reactive ketones (excluding diaryl/α,β-unsaturated/α-hetero) is 1. The number of nitrogens with one attached hydrogen (secondary N) is 1. The summed E-state index contributed by atoms with van der Waals surface area (Å²) >= 11 is 0. The van der Waals surface area contributed by atoms with Gasteiger partial charge < -0.3 is 20.6 Å². The number of benzene rings is 2. The Morgan fingerprint density at radius 1 is 1.00 bits per heavy atom. The van der Waals surface area contributed by atoms with Crippen LogP contribution in [0.15, 0.2) is 24.3 Å². The molecule has 2 unspecified atom stereocenters. The molecule has 8 nitrogen and oxygen atoms in total. The monoisotopic (exact) mass is 409 g/mol. The number of hydrogen-bond donors (Lipinski definition) is 4. The molecule has 154 valence electrons. The van der Waals surface area contributed by atoms with E-state index in [1.54, 1.807) is 12.1 Å². The van der Waals surface area contributed by atoms with Crippen molar-refractivity contribution in [3.05, 3.63) is 57.6 Å².